The fourth-order valence-corrected chi connectivity index (χ4v) is 1.27. The SMILES string of the molecule is O=CC1[CH]CCCCC1. The van der Waals surface area contributed by atoms with Gasteiger partial charge in [-0.3, -0.25) is 0 Å². The molecule has 1 fully saturated rings. The molecule has 9 heavy (non-hydrogen) atoms. The summed E-state index contributed by atoms with van der Waals surface area (Å²) in [6, 6.07) is 0. The second kappa shape index (κ2) is 3.65. The zero-order valence-electron chi connectivity index (χ0n) is 5.68. The molecule has 0 aromatic heterocycles. The van der Waals surface area contributed by atoms with Gasteiger partial charge in [-0.25, -0.2) is 0 Å². The van der Waals surface area contributed by atoms with E-state index in [4.69, 9.17) is 0 Å². The van der Waals surface area contributed by atoms with E-state index in [0.717, 1.165) is 19.1 Å². The first-order valence-electron chi connectivity index (χ1n) is 3.72. The van der Waals surface area contributed by atoms with Crippen LogP contribution >= 0.6 is 0 Å². The molecule has 0 amide bonds. The van der Waals surface area contributed by atoms with Crippen molar-refractivity contribution in [1.82, 2.24) is 0 Å². The minimum absolute atomic E-state index is 0.271. The largest absolute Gasteiger partial charge is 0.303 e. The Balaban J connectivity index is 2.26. The predicted octanol–water partition coefficient (Wildman–Crippen LogP) is 1.97. The third-order valence-electron chi connectivity index (χ3n) is 1.89. The van der Waals surface area contributed by atoms with Crippen LogP contribution in [0, 0.1) is 12.3 Å². The Morgan fingerprint density at radius 3 is 3.00 bits per heavy atom. The van der Waals surface area contributed by atoms with Gasteiger partial charge in [-0.05, 0) is 19.3 Å². The average Bonchev–Trinajstić information content (AvgIpc) is 2.13. The lowest BCUT2D eigenvalue weighted by Gasteiger charge is -2.01. The van der Waals surface area contributed by atoms with Gasteiger partial charge in [0.2, 0.25) is 0 Å². The Hall–Kier alpha value is -0.330. The number of carbonyl (C=O) groups excluding carboxylic acids is 1. The Kier molecular flexibility index (Phi) is 2.75. The van der Waals surface area contributed by atoms with E-state index in [2.05, 4.69) is 6.42 Å². The highest BCUT2D eigenvalue weighted by Crippen LogP contribution is 2.19. The lowest BCUT2D eigenvalue weighted by atomic mass is 10.0. The molecule has 0 spiro atoms. The van der Waals surface area contributed by atoms with E-state index < -0.39 is 0 Å². The molecule has 1 atom stereocenters. The van der Waals surface area contributed by atoms with Crippen molar-refractivity contribution < 1.29 is 4.79 Å². The zero-order chi connectivity index (χ0) is 6.53. The summed E-state index contributed by atoms with van der Waals surface area (Å²) < 4.78 is 0. The van der Waals surface area contributed by atoms with Crippen molar-refractivity contribution in [3.05, 3.63) is 6.42 Å². The summed E-state index contributed by atoms with van der Waals surface area (Å²) >= 11 is 0. The van der Waals surface area contributed by atoms with Gasteiger partial charge >= 0.3 is 0 Å². The van der Waals surface area contributed by atoms with Gasteiger partial charge in [0.15, 0.2) is 0 Å². The summed E-state index contributed by atoms with van der Waals surface area (Å²) in [6.45, 7) is 0. The van der Waals surface area contributed by atoms with Crippen LogP contribution in [-0.2, 0) is 4.79 Å². The monoisotopic (exact) mass is 125 g/mol. The van der Waals surface area contributed by atoms with Crippen LogP contribution in [0.1, 0.15) is 32.1 Å². The Bertz CT molecular complexity index is 80.6. The van der Waals surface area contributed by atoms with E-state index in [0.29, 0.717) is 0 Å². The molecule has 0 aliphatic heterocycles. The van der Waals surface area contributed by atoms with Gasteiger partial charge in [0.1, 0.15) is 6.29 Å². The third-order valence-corrected chi connectivity index (χ3v) is 1.89. The molecular weight excluding hydrogens is 112 g/mol. The second-order valence-electron chi connectivity index (χ2n) is 2.67. The van der Waals surface area contributed by atoms with Crippen LogP contribution in [-0.4, -0.2) is 6.29 Å². The van der Waals surface area contributed by atoms with Gasteiger partial charge in [-0.2, -0.15) is 0 Å². The highest BCUT2D eigenvalue weighted by molar-refractivity contribution is 5.55. The van der Waals surface area contributed by atoms with Crippen molar-refractivity contribution in [2.75, 3.05) is 0 Å². The average molecular weight is 125 g/mol. The molecule has 0 aromatic carbocycles. The molecule has 1 nitrogen and oxygen atoms in total. The second-order valence-corrected chi connectivity index (χ2v) is 2.67. The number of hydrogen-bond acceptors (Lipinski definition) is 1. The Labute approximate surface area is 56.4 Å². The van der Waals surface area contributed by atoms with Crippen LogP contribution in [0.25, 0.3) is 0 Å². The van der Waals surface area contributed by atoms with Crippen LogP contribution in [0.3, 0.4) is 0 Å². The summed E-state index contributed by atoms with van der Waals surface area (Å²) in [5.74, 6) is 0.271. The van der Waals surface area contributed by atoms with Gasteiger partial charge < -0.3 is 4.79 Å². The summed E-state index contributed by atoms with van der Waals surface area (Å²) in [5.41, 5.74) is 0. The summed E-state index contributed by atoms with van der Waals surface area (Å²) in [4.78, 5) is 10.3. The molecule has 1 aliphatic rings. The fraction of sp³-hybridized carbons (Fsp3) is 0.750. The first-order chi connectivity index (χ1) is 4.43. The van der Waals surface area contributed by atoms with E-state index in [9.17, 15) is 4.79 Å². The molecular formula is C8H13O. The standard InChI is InChI=1S/C8H13O/c9-7-8-5-3-1-2-4-6-8/h5,7-8H,1-4,6H2. The van der Waals surface area contributed by atoms with E-state index in [1.807, 2.05) is 0 Å². The molecule has 1 unspecified atom stereocenters. The van der Waals surface area contributed by atoms with E-state index in [-0.39, 0.29) is 5.92 Å². The van der Waals surface area contributed by atoms with Gasteiger partial charge in [0.25, 0.3) is 0 Å². The summed E-state index contributed by atoms with van der Waals surface area (Å²) in [5, 5.41) is 0. The van der Waals surface area contributed by atoms with Crippen LogP contribution < -0.4 is 0 Å². The van der Waals surface area contributed by atoms with Crippen molar-refractivity contribution in [3.8, 4) is 0 Å². The summed E-state index contributed by atoms with van der Waals surface area (Å²) in [7, 11) is 0. The Morgan fingerprint density at radius 2 is 2.22 bits per heavy atom. The molecule has 1 saturated carbocycles. The quantitative estimate of drug-likeness (QED) is 0.387. The normalized spacial score (nSPS) is 23.1. The van der Waals surface area contributed by atoms with Crippen molar-refractivity contribution in [1.29, 1.82) is 0 Å². The topological polar surface area (TPSA) is 17.1 Å². The molecule has 1 radical (unpaired) electrons. The van der Waals surface area contributed by atoms with Crippen molar-refractivity contribution in [2.45, 2.75) is 32.1 Å². The van der Waals surface area contributed by atoms with Gasteiger partial charge in [-0.15, -0.1) is 0 Å². The molecule has 51 valence electrons. The maximum Gasteiger partial charge on any atom is 0.123 e. The van der Waals surface area contributed by atoms with Crippen molar-refractivity contribution >= 4 is 6.29 Å². The van der Waals surface area contributed by atoms with Crippen molar-refractivity contribution in [3.63, 3.8) is 0 Å². The van der Waals surface area contributed by atoms with Crippen LogP contribution in [0.4, 0.5) is 0 Å². The molecule has 1 heteroatoms. The minimum atomic E-state index is 0.271. The lowest BCUT2D eigenvalue weighted by Crippen LogP contribution is -1.99. The van der Waals surface area contributed by atoms with E-state index in [1.54, 1.807) is 0 Å². The predicted molar refractivity (Wildman–Crippen MR) is 36.9 cm³/mol. The zero-order valence-corrected chi connectivity index (χ0v) is 5.68. The van der Waals surface area contributed by atoms with Crippen LogP contribution in [0.15, 0.2) is 0 Å². The number of rotatable bonds is 1. The molecule has 0 heterocycles. The smallest absolute Gasteiger partial charge is 0.123 e. The third kappa shape index (κ3) is 2.17. The van der Waals surface area contributed by atoms with E-state index in [1.165, 1.54) is 19.3 Å². The lowest BCUT2D eigenvalue weighted by molar-refractivity contribution is -0.110. The fourth-order valence-electron chi connectivity index (χ4n) is 1.27. The molecule has 0 N–H and O–H groups in total. The molecule has 1 rings (SSSR count). The van der Waals surface area contributed by atoms with Gasteiger partial charge in [0.05, 0.1) is 0 Å². The van der Waals surface area contributed by atoms with E-state index >= 15 is 0 Å². The highest BCUT2D eigenvalue weighted by atomic mass is 16.1. The molecule has 0 saturated heterocycles. The van der Waals surface area contributed by atoms with Gasteiger partial charge in [-0.1, -0.05) is 19.3 Å². The first kappa shape index (κ1) is 6.79. The molecule has 0 aromatic rings. The molecule has 1 aliphatic carbocycles. The maximum atomic E-state index is 10.3. The Morgan fingerprint density at radius 1 is 1.33 bits per heavy atom. The number of hydrogen-bond donors (Lipinski definition) is 0. The maximum absolute atomic E-state index is 10.3. The highest BCUT2D eigenvalue weighted by Gasteiger charge is 2.09. The van der Waals surface area contributed by atoms with Crippen molar-refractivity contribution in [2.24, 2.45) is 5.92 Å². The first-order valence-corrected chi connectivity index (χ1v) is 3.72. The van der Waals surface area contributed by atoms with Crippen LogP contribution in [0.5, 0.6) is 0 Å². The molecule has 0 bridgehead atoms. The number of carbonyl (C=O) groups is 1. The number of aldehydes is 1. The minimum Gasteiger partial charge on any atom is -0.303 e. The van der Waals surface area contributed by atoms with Gasteiger partial charge in [0, 0.05) is 5.92 Å². The summed E-state index contributed by atoms with van der Waals surface area (Å²) in [6.07, 6.45) is 9.28. The van der Waals surface area contributed by atoms with Crippen LogP contribution in [0.2, 0.25) is 0 Å².